The molecule has 2 rings (SSSR count). The summed E-state index contributed by atoms with van der Waals surface area (Å²) < 4.78 is 0.726. The zero-order valence-corrected chi connectivity index (χ0v) is 12.6. The molecule has 0 saturated carbocycles. The summed E-state index contributed by atoms with van der Waals surface area (Å²) in [5, 5.41) is 9.53. The molecular formula is C13H13BrClNO3. The number of nitrogens with zero attached hydrogens (tertiary/aromatic N) is 1. The highest BCUT2D eigenvalue weighted by molar-refractivity contribution is 9.10. The van der Waals surface area contributed by atoms with Crippen LogP contribution in [0.5, 0.6) is 0 Å². The second-order valence-corrected chi connectivity index (χ2v) is 6.02. The fourth-order valence-corrected chi connectivity index (χ4v) is 2.69. The molecule has 0 spiro atoms. The Kier molecular flexibility index (Phi) is 4.16. The second kappa shape index (κ2) is 5.51. The number of aliphatic carboxylic acids is 1. The third-order valence-corrected chi connectivity index (χ3v) is 4.62. The number of carboxylic acids is 1. The predicted octanol–water partition coefficient (Wildman–Crippen LogP) is 2.90. The van der Waals surface area contributed by atoms with Gasteiger partial charge in [0, 0.05) is 23.1 Å². The maximum atomic E-state index is 12.3. The highest BCUT2D eigenvalue weighted by Crippen LogP contribution is 2.27. The van der Waals surface area contributed by atoms with Crippen LogP contribution < -0.4 is 0 Å². The summed E-state index contributed by atoms with van der Waals surface area (Å²) in [5.74, 6) is -1.55. The number of rotatable bonds is 2. The van der Waals surface area contributed by atoms with Gasteiger partial charge in [0.2, 0.25) is 0 Å². The first-order valence-corrected chi connectivity index (χ1v) is 7.04. The molecule has 1 aliphatic rings. The maximum absolute atomic E-state index is 12.3. The molecular weight excluding hydrogens is 334 g/mol. The minimum atomic E-state index is -0.850. The Morgan fingerprint density at radius 3 is 2.63 bits per heavy atom. The summed E-state index contributed by atoms with van der Waals surface area (Å²) in [6.45, 7) is 2.56. The average Bonchev–Trinajstić information content (AvgIpc) is 2.74. The third kappa shape index (κ3) is 2.92. The fourth-order valence-electron chi connectivity index (χ4n) is 2.27. The van der Waals surface area contributed by atoms with E-state index in [0.29, 0.717) is 17.1 Å². The first kappa shape index (κ1) is 14.3. The number of amides is 1. The lowest BCUT2D eigenvalue weighted by molar-refractivity contribution is -0.142. The Bertz CT molecular complexity index is 535. The summed E-state index contributed by atoms with van der Waals surface area (Å²) in [4.78, 5) is 24.9. The quantitative estimate of drug-likeness (QED) is 0.896. The van der Waals surface area contributed by atoms with Crippen LogP contribution >= 0.6 is 27.5 Å². The van der Waals surface area contributed by atoms with Gasteiger partial charge in [0.1, 0.15) is 0 Å². The Morgan fingerprint density at radius 1 is 1.42 bits per heavy atom. The van der Waals surface area contributed by atoms with E-state index in [4.69, 9.17) is 16.7 Å². The minimum Gasteiger partial charge on any atom is -0.481 e. The summed E-state index contributed by atoms with van der Waals surface area (Å²) in [6.07, 6.45) is 0. The van der Waals surface area contributed by atoms with Gasteiger partial charge >= 0.3 is 5.97 Å². The molecule has 0 aliphatic carbocycles. The van der Waals surface area contributed by atoms with Gasteiger partial charge in [-0.3, -0.25) is 9.59 Å². The van der Waals surface area contributed by atoms with Crippen LogP contribution in [0.15, 0.2) is 22.7 Å². The Labute approximate surface area is 124 Å². The van der Waals surface area contributed by atoms with E-state index in [9.17, 15) is 9.59 Å². The number of carbonyl (C=O) groups excluding carboxylic acids is 1. The van der Waals surface area contributed by atoms with Gasteiger partial charge in [-0.15, -0.1) is 0 Å². The Hall–Kier alpha value is -1.07. The van der Waals surface area contributed by atoms with Crippen molar-refractivity contribution >= 4 is 39.4 Å². The molecule has 1 aliphatic heterocycles. The monoisotopic (exact) mass is 345 g/mol. The molecule has 0 aromatic heterocycles. The molecule has 0 bridgehead atoms. The maximum Gasteiger partial charge on any atom is 0.308 e. The highest BCUT2D eigenvalue weighted by Gasteiger charge is 2.37. The molecule has 1 fully saturated rings. The predicted molar refractivity (Wildman–Crippen MR) is 75.3 cm³/mol. The average molecular weight is 347 g/mol. The number of likely N-dealkylation sites (tertiary alicyclic amines) is 1. The summed E-state index contributed by atoms with van der Waals surface area (Å²) in [7, 11) is 0. The molecule has 1 N–H and O–H groups in total. The Balaban J connectivity index is 2.17. The first-order chi connectivity index (χ1) is 8.90. The van der Waals surface area contributed by atoms with Crippen molar-refractivity contribution in [2.75, 3.05) is 13.1 Å². The van der Waals surface area contributed by atoms with Crippen LogP contribution in [-0.2, 0) is 4.79 Å². The van der Waals surface area contributed by atoms with E-state index in [1.807, 2.05) is 6.92 Å². The van der Waals surface area contributed by atoms with E-state index in [2.05, 4.69) is 15.9 Å². The van der Waals surface area contributed by atoms with Gasteiger partial charge in [-0.05, 0) is 40.0 Å². The van der Waals surface area contributed by atoms with Gasteiger partial charge in [0.25, 0.3) is 5.91 Å². The van der Waals surface area contributed by atoms with Crippen molar-refractivity contribution in [1.29, 1.82) is 0 Å². The molecule has 1 saturated heterocycles. The standard InChI is InChI=1S/C13H13BrClNO3/c1-7-5-16(6-9(7)13(18)19)12(17)8-2-3-10(14)11(15)4-8/h2-4,7,9H,5-6H2,1H3,(H,18,19)/t7-,9-/m1/s1. The van der Waals surface area contributed by atoms with Crippen molar-refractivity contribution in [1.82, 2.24) is 4.90 Å². The number of carbonyl (C=O) groups is 2. The van der Waals surface area contributed by atoms with E-state index < -0.39 is 11.9 Å². The molecule has 19 heavy (non-hydrogen) atoms. The lowest BCUT2D eigenvalue weighted by Gasteiger charge is -2.16. The number of halogens is 2. The van der Waals surface area contributed by atoms with Gasteiger partial charge in [0.15, 0.2) is 0 Å². The molecule has 1 amide bonds. The van der Waals surface area contributed by atoms with Crippen molar-refractivity contribution in [2.45, 2.75) is 6.92 Å². The minimum absolute atomic E-state index is 0.0348. The molecule has 1 aromatic carbocycles. The lowest BCUT2D eigenvalue weighted by atomic mass is 9.99. The van der Waals surface area contributed by atoms with Crippen LogP contribution in [0, 0.1) is 11.8 Å². The van der Waals surface area contributed by atoms with Crippen LogP contribution in [0.2, 0.25) is 5.02 Å². The molecule has 0 radical (unpaired) electrons. The molecule has 102 valence electrons. The number of benzene rings is 1. The molecule has 0 unspecified atom stereocenters. The molecule has 2 atom stereocenters. The first-order valence-electron chi connectivity index (χ1n) is 5.87. The van der Waals surface area contributed by atoms with Crippen LogP contribution in [0.3, 0.4) is 0 Å². The van der Waals surface area contributed by atoms with E-state index >= 15 is 0 Å². The van der Waals surface area contributed by atoms with Gasteiger partial charge < -0.3 is 10.0 Å². The van der Waals surface area contributed by atoms with Gasteiger partial charge in [-0.25, -0.2) is 0 Å². The topological polar surface area (TPSA) is 57.6 Å². The Morgan fingerprint density at radius 2 is 2.11 bits per heavy atom. The number of carboxylic acid groups (broad SMARTS) is 1. The number of hydrogen-bond acceptors (Lipinski definition) is 2. The molecule has 4 nitrogen and oxygen atoms in total. The molecule has 6 heteroatoms. The second-order valence-electron chi connectivity index (χ2n) is 4.76. The van der Waals surface area contributed by atoms with Crippen molar-refractivity contribution in [2.24, 2.45) is 11.8 Å². The van der Waals surface area contributed by atoms with E-state index in [1.165, 1.54) is 0 Å². The van der Waals surface area contributed by atoms with Gasteiger partial charge in [0.05, 0.1) is 10.9 Å². The van der Waals surface area contributed by atoms with E-state index in [-0.39, 0.29) is 18.4 Å². The lowest BCUT2D eigenvalue weighted by Crippen LogP contribution is -2.29. The fraction of sp³-hybridized carbons (Fsp3) is 0.385. The smallest absolute Gasteiger partial charge is 0.308 e. The van der Waals surface area contributed by atoms with Crippen LogP contribution in [0.25, 0.3) is 0 Å². The highest BCUT2D eigenvalue weighted by atomic mass is 79.9. The summed E-state index contributed by atoms with van der Waals surface area (Å²) >= 11 is 9.23. The summed E-state index contributed by atoms with van der Waals surface area (Å²) in [5.41, 5.74) is 0.478. The van der Waals surface area contributed by atoms with E-state index in [0.717, 1.165) is 4.47 Å². The molecule has 1 heterocycles. The van der Waals surface area contributed by atoms with Crippen LogP contribution in [0.1, 0.15) is 17.3 Å². The number of hydrogen-bond donors (Lipinski definition) is 1. The van der Waals surface area contributed by atoms with Crippen molar-refractivity contribution < 1.29 is 14.7 Å². The largest absolute Gasteiger partial charge is 0.481 e. The molecule has 1 aromatic rings. The van der Waals surface area contributed by atoms with Crippen molar-refractivity contribution in [3.63, 3.8) is 0 Å². The normalized spacial score (nSPS) is 22.6. The van der Waals surface area contributed by atoms with Crippen LogP contribution in [0.4, 0.5) is 0 Å². The SMILES string of the molecule is C[C@@H]1CN(C(=O)c2ccc(Br)c(Cl)c2)C[C@H]1C(=O)O. The van der Waals surface area contributed by atoms with Gasteiger partial charge in [-0.2, -0.15) is 0 Å². The van der Waals surface area contributed by atoms with Crippen LogP contribution in [-0.4, -0.2) is 35.0 Å². The zero-order chi connectivity index (χ0) is 14.2. The van der Waals surface area contributed by atoms with Crippen molar-refractivity contribution in [3.05, 3.63) is 33.3 Å². The van der Waals surface area contributed by atoms with E-state index in [1.54, 1.807) is 23.1 Å². The summed E-state index contributed by atoms with van der Waals surface area (Å²) in [6, 6.07) is 4.98. The third-order valence-electron chi connectivity index (χ3n) is 3.38. The zero-order valence-electron chi connectivity index (χ0n) is 10.3. The van der Waals surface area contributed by atoms with Gasteiger partial charge in [-0.1, -0.05) is 18.5 Å². The van der Waals surface area contributed by atoms with Crippen molar-refractivity contribution in [3.8, 4) is 0 Å².